The van der Waals surface area contributed by atoms with Crippen LogP contribution in [0.5, 0.6) is 0 Å². The Labute approximate surface area is 177 Å². The fraction of sp³-hybridized carbons (Fsp3) is 0.792. The van der Waals surface area contributed by atoms with Gasteiger partial charge in [0.05, 0.1) is 0 Å². The van der Waals surface area contributed by atoms with E-state index in [1.54, 1.807) is 6.92 Å². The van der Waals surface area contributed by atoms with E-state index in [2.05, 4.69) is 13.8 Å². The Kier molecular flexibility index (Phi) is 4.41. The number of hydrogen-bond acceptors (Lipinski definition) is 5. The van der Waals surface area contributed by atoms with Crippen molar-refractivity contribution in [1.29, 1.82) is 0 Å². The minimum absolute atomic E-state index is 0.0119. The zero-order chi connectivity index (χ0) is 20.6. The summed E-state index contributed by atoms with van der Waals surface area (Å²) in [6, 6.07) is 0. The fourth-order valence-electron chi connectivity index (χ4n) is 8.13. The molecule has 1 spiro atoms. The number of thioether (sulfide) groups is 1. The van der Waals surface area contributed by atoms with E-state index in [1.807, 2.05) is 6.08 Å². The van der Waals surface area contributed by atoms with Crippen LogP contribution in [-0.4, -0.2) is 27.7 Å². The second-order valence-corrected chi connectivity index (χ2v) is 12.1. The highest BCUT2D eigenvalue weighted by Crippen LogP contribution is 2.70. The van der Waals surface area contributed by atoms with Gasteiger partial charge < -0.3 is 4.74 Å². The molecule has 5 heteroatoms. The molecule has 5 unspecified atom stereocenters. The van der Waals surface area contributed by atoms with Gasteiger partial charge in [0.1, 0.15) is 5.60 Å². The lowest BCUT2D eigenvalue weighted by Gasteiger charge is -2.61. The number of carbonyl (C=O) groups is 3. The number of ketones is 1. The summed E-state index contributed by atoms with van der Waals surface area (Å²) in [5, 5.41) is 0.409. The predicted molar refractivity (Wildman–Crippen MR) is 112 cm³/mol. The topological polar surface area (TPSA) is 60.4 Å². The van der Waals surface area contributed by atoms with Crippen LogP contribution in [0.2, 0.25) is 0 Å². The molecule has 0 aromatic rings. The molecule has 158 valence electrons. The molecule has 0 aromatic carbocycles. The Morgan fingerprint density at radius 2 is 1.83 bits per heavy atom. The minimum Gasteiger partial charge on any atom is -0.458 e. The molecule has 0 radical (unpaired) electrons. The van der Waals surface area contributed by atoms with E-state index in [4.69, 9.17) is 4.74 Å². The van der Waals surface area contributed by atoms with Gasteiger partial charge >= 0.3 is 5.97 Å². The van der Waals surface area contributed by atoms with E-state index in [0.717, 1.165) is 44.9 Å². The van der Waals surface area contributed by atoms with Gasteiger partial charge in [0.2, 0.25) is 0 Å². The average molecular weight is 417 g/mol. The molecule has 5 aliphatic rings. The second-order valence-electron chi connectivity index (χ2n) is 10.7. The molecule has 29 heavy (non-hydrogen) atoms. The van der Waals surface area contributed by atoms with Crippen LogP contribution in [0.1, 0.15) is 78.6 Å². The maximum Gasteiger partial charge on any atom is 0.306 e. The third-order valence-electron chi connectivity index (χ3n) is 9.61. The van der Waals surface area contributed by atoms with E-state index in [0.29, 0.717) is 30.6 Å². The number of allylic oxidation sites excluding steroid dienone is 1. The molecule has 0 aromatic heterocycles. The SMILES string of the molecule is CC(=O)SC1CC2=CC(=O)CCC2(C)C2CCC3(C)[C@@H](CC[C@@]34CCC(=O)O4)C12. The van der Waals surface area contributed by atoms with Crippen molar-refractivity contribution in [2.75, 3.05) is 0 Å². The number of hydrogen-bond donors (Lipinski definition) is 0. The summed E-state index contributed by atoms with van der Waals surface area (Å²) in [5.74, 6) is 1.67. The Morgan fingerprint density at radius 3 is 2.52 bits per heavy atom. The van der Waals surface area contributed by atoms with Gasteiger partial charge in [0.25, 0.3) is 0 Å². The summed E-state index contributed by atoms with van der Waals surface area (Å²) in [4.78, 5) is 36.4. The third-order valence-corrected chi connectivity index (χ3v) is 10.7. The van der Waals surface area contributed by atoms with Crippen molar-refractivity contribution in [3.05, 3.63) is 11.6 Å². The molecule has 7 atom stereocenters. The third kappa shape index (κ3) is 2.68. The molecule has 1 aliphatic heterocycles. The van der Waals surface area contributed by atoms with Crippen molar-refractivity contribution in [2.24, 2.45) is 28.6 Å². The average Bonchev–Trinajstić information content (AvgIpc) is 3.17. The highest BCUT2D eigenvalue weighted by atomic mass is 32.2. The summed E-state index contributed by atoms with van der Waals surface area (Å²) >= 11 is 1.50. The number of ether oxygens (including phenoxy) is 1. The first kappa shape index (κ1) is 19.8. The zero-order valence-corrected chi connectivity index (χ0v) is 18.6. The molecule has 4 nitrogen and oxygen atoms in total. The van der Waals surface area contributed by atoms with Crippen LogP contribution in [0.4, 0.5) is 0 Å². The molecule has 4 fully saturated rings. The molecule has 1 saturated heterocycles. The summed E-state index contributed by atoms with van der Waals surface area (Å²) in [6.07, 6.45) is 10.0. The van der Waals surface area contributed by atoms with Crippen LogP contribution >= 0.6 is 11.8 Å². The maximum absolute atomic E-state index is 12.2. The fourth-order valence-corrected chi connectivity index (χ4v) is 9.36. The Balaban J connectivity index is 1.56. The van der Waals surface area contributed by atoms with Gasteiger partial charge in [0.15, 0.2) is 10.9 Å². The molecule has 0 amide bonds. The molecule has 0 bridgehead atoms. The van der Waals surface area contributed by atoms with Crippen molar-refractivity contribution in [2.45, 2.75) is 89.4 Å². The molecular formula is C24H32O4S. The molecule has 1 heterocycles. The van der Waals surface area contributed by atoms with Crippen LogP contribution < -0.4 is 0 Å². The molecule has 4 aliphatic carbocycles. The van der Waals surface area contributed by atoms with Gasteiger partial charge in [-0.05, 0) is 74.2 Å². The van der Waals surface area contributed by atoms with Crippen LogP contribution in [0, 0.1) is 28.6 Å². The normalized spacial score (nSPS) is 48.6. The lowest BCUT2D eigenvalue weighted by atomic mass is 9.46. The van der Waals surface area contributed by atoms with E-state index in [9.17, 15) is 14.4 Å². The van der Waals surface area contributed by atoms with Crippen molar-refractivity contribution in [1.82, 2.24) is 0 Å². The van der Waals surface area contributed by atoms with E-state index in [-0.39, 0.29) is 38.5 Å². The van der Waals surface area contributed by atoms with Gasteiger partial charge in [-0.2, -0.15) is 0 Å². The Hall–Kier alpha value is -1.10. The molecule has 0 N–H and O–H groups in total. The van der Waals surface area contributed by atoms with Crippen molar-refractivity contribution in [3.8, 4) is 0 Å². The van der Waals surface area contributed by atoms with Gasteiger partial charge in [-0.25, -0.2) is 0 Å². The largest absolute Gasteiger partial charge is 0.458 e. The van der Waals surface area contributed by atoms with Crippen molar-refractivity contribution < 1.29 is 19.1 Å². The van der Waals surface area contributed by atoms with Gasteiger partial charge in [0, 0.05) is 30.4 Å². The van der Waals surface area contributed by atoms with E-state index >= 15 is 0 Å². The summed E-state index contributed by atoms with van der Waals surface area (Å²) in [6.45, 7) is 6.42. The molecule has 5 rings (SSSR count). The minimum atomic E-state index is -0.287. The first-order valence-electron chi connectivity index (χ1n) is 11.3. The predicted octanol–water partition coefficient (Wildman–Crippen LogP) is 4.85. The molecule has 3 saturated carbocycles. The Bertz CT molecular complexity index is 818. The summed E-state index contributed by atoms with van der Waals surface area (Å²) in [7, 11) is 0. The summed E-state index contributed by atoms with van der Waals surface area (Å²) < 4.78 is 6.06. The number of rotatable bonds is 1. The quantitative estimate of drug-likeness (QED) is 0.572. The van der Waals surface area contributed by atoms with Crippen LogP contribution in [0.3, 0.4) is 0 Å². The maximum atomic E-state index is 12.2. The van der Waals surface area contributed by atoms with Crippen molar-refractivity contribution >= 4 is 28.6 Å². The number of fused-ring (bicyclic) bond motifs is 6. The van der Waals surface area contributed by atoms with E-state index in [1.165, 1.54) is 17.3 Å². The van der Waals surface area contributed by atoms with Crippen LogP contribution in [-0.2, 0) is 19.1 Å². The van der Waals surface area contributed by atoms with Crippen LogP contribution in [0.25, 0.3) is 0 Å². The highest BCUT2D eigenvalue weighted by Gasteiger charge is 2.68. The first-order chi connectivity index (χ1) is 13.7. The van der Waals surface area contributed by atoms with Gasteiger partial charge in [-0.3, -0.25) is 14.4 Å². The standard InChI is InChI=1S/C24H32O4S/c1-14(25)29-19-13-15-12-16(26)4-8-22(15,2)17-5-9-23(3)18(21(17)19)6-10-24(23)11-7-20(27)28-24/h12,17-19,21H,4-11,13H2,1-3H3/t17?,18-,19?,21?,22?,23?,24+/m0/s1. The van der Waals surface area contributed by atoms with Crippen molar-refractivity contribution in [3.63, 3.8) is 0 Å². The first-order valence-corrected chi connectivity index (χ1v) is 12.2. The number of esters is 1. The second kappa shape index (κ2) is 6.45. The highest BCUT2D eigenvalue weighted by molar-refractivity contribution is 8.14. The smallest absolute Gasteiger partial charge is 0.306 e. The lowest BCUT2D eigenvalue weighted by Crippen LogP contribution is -2.57. The lowest BCUT2D eigenvalue weighted by molar-refractivity contribution is -0.167. The number of carbonyl (C=O) groups excluding carboxylic acids is 3. The summed E-state index contributed by atoms with van der Waals surface area (Å²) in [5.41, 5.74) is 1.09. The Morgan fingerprint density at radius 1 is 1.07 bits per heavy atom. The van der Waals surface area contributed by atoms with E-state index < -0.39 is 0 Å². The van der Waals surface area contributed by atoms with Crippen LogP contribution in [0.15, 0.2) is 11.6 Å². The van der Waals surface area contributed by atoms with Gasteiger partial charge in [-0.1, -0.05) is 31.2 Å². The zero-order valence-electron chi connectivity index (χ0n) is 17.8. The monoisotopic (exact) mass is 416 g/mol. The van der Waals surface area contributed by atoms with Gasteiger partial charge in [-0.15, -0.1) is 0 Å². The molecular weight excluding hydrogens is 384 g/mol.